The van der Waals surface area contributed by atoms with Crippen LogP contribution in [0.2, 0.25) is 0 Å². The lowest BCUT2D eigenvalue weighted by atomic mass is 10.2. The Morgan fingerprint density at radius 1 is 1.40 bits per heavy atom. The van der Waals surface area contributed by atoms with E-state index in [9.17, 15) is 13.2 Å². The highest BCUT2D eigenvalue weighted by molar-refractivity contribution is 7.98. The van der Waals surface area contributed by atoms with Crippen LogP contribution in [-0.2, 0) is 6.18 Å². The zero-order valence-electron chi connectivity index (χ0n) is 7.62. The quantitative estimate of drug-likeness (QED) is 0.324. The molecule has 80 valence electrons. The number of rotatable bonds is 2. The van der Waals surface area contributed by atoms with Gasteiger partial charge in [0.1, 0.15) is 0 Å². The molecule has 0 N–H and O–H groups in total. The summed E-state index contributed by atoms with van der Waals surface area (Å²) in [5.74, 6) is 0. The molecule has 0 aliphatic heterocycles. The van der Waals surface area contributed by atoms with Gasteiger partial charge in [-0.2, -0.15) is 13.2 Å². The molecule has 15 heavy (non-hydrogen) atoms. The van der Waals surface area contributed by atoms with E-state index in [0.717, 1.165) is 12.1 Å². The minimum Gasteiger partial charge on any atom is -0.166 e. The molecule has 7 heteroatoms. The topological polar surface area (TPSA) is 48.8 Å². The number of alkyl halides is 3. The van der Waals surface area contributed by atoms with Gasteiger partial charge in [-0.3, -0.25) is 0 Å². The second-order valence-electron chi connectivity index (χ2n) is 2.57. The number of benzene rings is 1. The second-order valence-corrected chi connectivity index (χ2v) is 3.42. The van der Waals surface area contributed by atoms with Gasteiger partial charge in [0.2, 0.25) is 0 Å². The molecule has 0 amide bonds. The Bertz CT molecular complexity index is 410. The summed E-state index contributed by atoms with van der Waals surface area (Å²) in [5.41, 5.74) is 7.38. The summed E-state index contributed by atoms with van der Waals surface area (Å²) in [6.45, 7) is 0. The standard InChI is InChI=1S/C8H6F3N3S/c1-15-7-3-2-5(8(9,10)11)4-6(7)13-14-12/h2-4H,1H3. The van der Waals surface area contributed by atoms with Gasteiger partial charge >= 0.3 is 6.18 Å². The molecule has 0 aromatic heterocycles. The van der Waals surface area contributed by atoms with Crippen molar-refractivity contribution in [3.8, 4) is 0 Å². The van der Waals surface area contributed by atoms with Crippen molar-refractivity contribution in [2.24, 2.45) is 5.11 Å². The van der Waals surface area contributed by atoms with Gasteiger partial charge in [0.05, 0.1) is 11.3 Å². The van der Waals surface area contributed by atoms with E-state index in [0.29, 0.717) is 4.90 Å². The Balaban J connectivity index is 3.28. The van der Waals surface area contributed by atoms with Crippen LogP contribution in [-0.4, -0.2) is 6.26 Å². The summed E-state index contributed by atoms with van der Waals surface area (Å²) in [6.07, 6.45) is -2.73. The van der Waals surface area contributed by atoms with E-state index >= 15 is 0 Å². The van der Waals surface area contributed by atoms with Crippen LogP contribution in [0.5, 0.6) is 0 Å². The highest BCUT2D eigenvalue weighted by Crippen LogP contribution is 2.36. The monoisotopic (exact) mass is 233 g/mol. The molecule has 0 saturated heterocycles. The molecule has 0 unspecified atom stereocenters. The average Bonchev–Trinajstić information content (AvgIpc) is 2.17. The van der Waals surface area contributed by atoms with Crippen molar-refractivity contribution in [1.29, 1.82) is 0 Å². The summed E-state index contributed by atoms with van der Waals surface area (Å²) in [4.78, 5) is 3.00. The average molecular weight is 233 g/mol. The fourth-order valence-corrected chi connectivity index (χ4v) is 1.51. The first kappa shape index (κ1) is 11.7. The van der Waals surface area contributed by atoms with Crippen LogP contribution in [0.3, 0.4) is 0 Å². The third kappa shape index (κ3) is 2.81. The molecular formula is C8H6F3N3S. The van der Waals surface area contributed by atoms with Gasteiger partial charge < -0.3 is 0 Å². The van der Waals surface area contributed by atoms with Gasteiger partial charge in [-0.1, -0.05) is 5.11 Å². The molecule has 0 bridgehead atoms. The highest BCUT2D eigenvalue weighted by atomic mass is 32.2. The minimum absolute atomic E-state index is 0.000162. The Labute approximate surface area is 87.9 Å². The molecule has 0 radical (unpaired) electrons. The number of azide groups is 1. The van der Waals surface area contributed by atoms with Crippen molar-refractivity contribution in [1.82, 2.24) is 0 Å². The first-order valence-electron chi connectivity index (χ1n) is 3.79. The van der Waals surface area contributed by atoms with Crippen LogP contribution in [0, 0.1) is 0 Å². The van der Waals surface area contributed by atoms with Crippen LogP contribution >= 0.6 is 11.8 Å². The fraction of sp³-hybridized carbons (Fsp3) is 0.250. The van der Waals surface area contributed by atoms with Crippen LogP contribution in [0.15, 0.2) is 28.2 Å². The van der Waals surface area contributed by atoms with Gasteiger partial charge in [0.15, 0.2) is 0 Å². The third-order valence-electron chi connectivity index (χ3n) is 1.66. The van der Waals surface area contributed by atoms with E-state index < -0.39 is 11.7 Å². The van der Waals surface area contributed by atoms with Crippen molar-refractivity contribution in [2.45, 2.75) is 11.1 Å². The number of halogens is 3. The number of thioether (sulfide) groups is 1. The molecule has 0 saturated carbocycles. The van der Waals surface area contributed by atoms with Gasteiger partial charge in [-0.25, -0.2) is 0 Å². The lowest BCUT2D eigenvalue weighted by Crippen LogP contribution is -2.04. The first-order valence-corrected chi connectivity index (χ1v) is 5.02. The normalized spacial score (nSPS) is 10.9. The van der Waals surface area contributed by atoms with E-state index in [2.05, 4.69) is 10.0 Å². The molecule has 0 fully saturated rings. The molecular weight excluding hydrogens is 227 g/mol. The predicted molar refractivity (Wildman–Crippen MR) is 52.0 cm³/mol. The first-order chi connectivity index (χ1) is 6.99. The summed E-state index contributed by atoms with van der Waals surface area (Å²) in [6, 6.07) is 3.09. The largest absolute Gasteiger partial charge is 0.416 e. The zero-order valence-corrected chi connectivity index (χ0v) is 8.43. The summed E-state index contributed by atoms with van der Waals surface area (Å²) < 4.78 is 36.9. The summed E-state index contributed by atoms with van der Waals surface area (Å²) in [5, 5.41) is 3.21. The summed E-state index contributed by atoms with van der Waals surface area (Å²) >= 11 is 1.22. The maximum atomic E-state index is 12.3. The second kappa shape index (κ2) is 4.46. The third-order valence-corrected chi connectivity index (χ3v) is 2.44. The maximum Gasteiger partial charge on any atom is 0.416 e. The molecule has 1 aromatic carbocycles. The Kier molecular flexibility index (Phi) is 3.49. The van der Waals surface area contributed by atoms with Crippen molar-refractivity contribution < 1.29 is 13.2 Å². The number of nitrogens with zero attached hydrogens (tertiary/aromatic N) is 3. The smallest absolute Gasteiger partial charge is 0.166 e. The van der Waals surface area contributed by atoms with E-state index in [4.69, 9.17) is 5.53 Å². The molecule has 1 aromatic rings. The van der Waals surface area contributed by atoms with E-state index in [1.165, 1.54) is 17.8 Å². The van der Waals surface area contributed by atoms with E-state index in [1.54, 1.807) is 6.26 Å². The van der Waals surface area contributed by atoms with Crippen LogP contribution in [0.4, 0.5) is 18.9 Å². The zero-order chi connectivity index (χ0) is 11.5. The molecule has 0 aliphatic rings. The van der Waals surface area contributed by atoms with E-state index in [1.807, 2.05) is 0 Å². The molecule has 0 spiro atoms. The lowest BCUT2D eigenvalue weighted by Gasteiger charge is -2.08. The van der Waals surface area contributed by atoms with Gasteiger partial charge in [-0.15, -0.1) is 11.8 Å². The molecule has 0 heterocycles. The lowest BCUT2D eigenvalue weighted by molar-refractivity contribution is -0.137. The fourth-order valence-electron chi connectivity index (χ4n) is 0.993. The number of hydrogen-bond acceptors (Lipinski definition) is 2. The maximum absolute atomic E-state index is 12.3. The molecule has 3 nitrogen and oxygen atoms in total. The van der Waals surface area contributed by atoms with Crippen LogP contribution in [0.25, 0.3) is 10.4 Å². The Morgan fingerprint density at radius 2 is 2.07 bits per heavy atom. The minimum atomic E-state index is -4.42. The van der Waals surface area contributed by atoms with Gasteiger partial charge in [-0.05, 0) is 30.0 Å². The molecule has 0 atom stereocenters. The Morgan fingerprint density at radius 3 is 2.53 bits per heavy atom. The van der Waals surface area contributed by atoms with Gasteiger partial charge in [0.25, 0.3) is 0 Å². The Hall–Kier alpha value is -1.33. The van der Waals surface area contributed by atoms with Gasteiger partial charge in [0, 0.05) is 9.81 Å². The van der Waals surface area contributed by atoms with Crippen molar-refractivity contribution in [3.63, 3.8) is 0 Å². The van der Waals surface area contributed by atoms with Crippen molar-refractivity contribution in [2.75, 3.05) is 6.26 Å². The molecule has 1 rings (SSSR count). The van der Waals surface area contributed by atoms with Crippen molar-refractivity contribution >= 4 is 17.4 Å². The molecule has 0 aliphatic carbocycles. The van der Waals surface area contributed by atoms with E-state index in [-0.39, 0.29) is 5.69 Å². The predicted octanol–water partition coefficient (Wildman–Crippen LogP) is 4.37. The van der Waals surface area contributed by atoms with Crippen molar-refractivity contribution in [3.05, 3.63) is 34.2 Å². The SMILES string of the molecule is CSc1ccc(C(F)(F)F)cc1N=[N+]=[N-]. The highest BCUT2D eigenvalue weighted by Gasteiger charge is 2.30. The summed E-state index contributed by atoms with van der Waals surface area (Å²) in [7, 11) is 0. The number of hydrogen-bond donors (Lipinski definition) is 0. The van der Waals surface area contributed by atoms with Crippen LogP contribution in [0.1, 0.15) is 5.56 Å². The van der Waals surface area contributed by atoms with Crippen LogP contribution < -0.4 is 0 Å².